The van der Waals surface area contributed by atoms with Crippen LogP contribution in [0.25, 0.3) is 0 Å². The van der Waals surface area contributed by atoms with E-state index >= 15 is 0 Å². The molecule has 0 saturated carbocycles. The molecule has 5 heteroatoms. The number of rotatable bonds is 11. The van der Waals surface area contributed by atoms with E-state index < -0.39 is 24.4 Å². The van der Waals surface area contributed by atoms with Crippen molar-refractivity contribution in [2.45, 2.75) is 76.3 Å². The summed E-state index contributed by atoms with van der Waals surface area (Å²) in [7, 11) is 0. The van der Waals surface area contributed by atoms with Gasteiger partial charge >= 0.3 is 0 Å². The number of ether oxygens (including phenoxy) is 2. The summed E-state index contributed by atoms with van der Waals surface area (Å²) in [5, 5.41) is 28.4. The number of hydrogen-bond acceptors (Lipinski definition) is 5. The lowest BCUT2D eigenvalue weighted by atomic mass is 10.1. The van der Waals surface area contributed by atoms with Crippen molar-refractivity contribution >= 4 is 0 Å². The van der Waals surface area contributed by atoms with Crippen molar-refractivity contribution in [1.29, 1.82) is 0 Å². The molecule has 0 spiro atoms. The molecule has 0 amide bonds. The molecule has 0 unspecified atom stereocenters. The Bertz CT molecular complexity index is 236. The maximum Gasteiger partial charge on any atom is 0.114 e. The normalized spacial score (nSPS) is 27.9. The quantitative estimate of drug-likeness (QED) is 0.499. The fourth-order valence-corrected chi connectivity index (χ4v) is 2.50. The van der Waals surface area contributed by atoms with E-state index in [1.54, 1.807) is 0 Å². The molecule has 0 radical (unpaired) electrons. The SMILES string of the molecule is CCCCCCCCCO[C@@H](CO)[C@@H]1OC[C@@H](O)[C@@H]1O. The minimum atomic E-state index is -0.971. The minimum absolute atomic E-state index is 0.100. The Kier molecular flexibility index (Phi) is 9.39. The Morgan fingerprint density at radius 2 is 1.75 bits per heavy atom. The molecule has 1 heterocycles. The first-order valence-electron chi connectivity index (χ1n) is 7.90. The number of hydrogen-bond donors (Lipinski definition) is 3. The van der Waals surface area contributed by atoms with E-state index in [-0.39, 0.29) is 13.2 Å². The summed E-state index contributed by atoms with van der Waals surface area (Å²) in [6, 6.07) is 0. The van der Waals surface area contributed by atoms with Gasteiger partial charge in [-0.1, -0.05) is 45.4 Å². The second kappa shape index (κ2) is 10.5. The van der Waals surface area contributed by atoms with Gasteiger partial charge in [-0.3, -0.25) is 0 Å². The first-order valence-corrected chi connectivity index (χ1v) is 7.90. The molecule has 3 N–H and O–H groups in total. The Labute approximate surface area is 121 Å². The van der Waals surface area contributed by atoms with E-state index in [0.717, 1.165) is 12.8 Å². The van der Waals surface area contributed by atoms with Gasteiger partial charge in [0.05, 0.1) is 13.2 Å². The van der Waals surface area contributed by atoms with Gasteiger partial charge < -0.3 is 24.8 Å². The third kappa shape index (κ3) is 6.06. The van der Waals surface area contributed by atoms with Gasteiger partial charge in [-0.2, -0.15) is 0 Å². The van der Waals surface area contributed by atoms with E-state index in [0.29, 0.717) is 6.61 Å². The first kappa shape index (κ1) is 17.9. The zero-order valence-electron chi connectivity index (χ0n) is 12.5. The van der Waals surface area contributed by atoms with Crippen LogP contribution in [0.4, 0.5) is 0 Å². The molecule has 0 aliphatic carbocycles. The Hall–Kier alpha value is -0.200. The maximum absolute atomic E-state index is 9.72. The zero-order valence-corrected chi connectivity index (χ0v) is 12.5. The molecule has 1 aliphatic rings. The standard InChI is InChI=1S/C15H30O5/c1-2-3-4-5-6-7-8-9-19-13(10-16)15-14(18)12(17)11-20-15/h12-18H,2-11H2,1H3/t12-,13+,14+,15+/m1/s1. The molecule has 5 nitrogen and oxygen atoms in total. The molecule has 0 aromatic rings. The molecule has 1 aliphatic heterocycles. The van der Waals surface area contributed by atoms with Crippen LogP contribution in [-0.4, -0.2) is 59.6 Å². The lowest BCUT2D eigenvalue weighted by Crippen LogP contribution is -2.42. The van der Waals surface area contributed by atoms with E-state index in [1.807, 2.05) is 0 Å². The maximum atomic E-state index is 9.72. The molecule has 4 atom stereocenters. The number of aliphatic hydroxyl groups is 3. The van der Waals surface area contributed by atoms with E-state index in [4.69, 9.17) is 9.47 Å². The molecule has 0 bridgehead atoms. The third-order valence-corrected chi connectivity index (χ3v) is 3.82. The molecular formula is C15H30O5. The van der Waals surface area contributed by atoms with Gasteiger partial charge in [-0.05, 0) is 6.42 Å². The van der Waals surface area contributed by atoms with Crippen LogP contribution in [0.15, 0.2) is 0 Å². The van der Waals surface area contributed by atoms with Gasteiger partial charge in [0.1, 0.15) is 24.4 Å². The van der Waals surface area contributed by atoms with E-state index in [2.05, 4.69) is 6.92 Å². The summed E-state index contributed by atoms with van der Waals surface area (Å²) in [6.45, 7) is 2.66. The van der Waals surface area contributed by atoms with E-state index in [1.165, 1.54) is 32.1 Å². The fourth-order valence-electron chi connectivity index (χ4n) is 2.50. The van der Waals surface area contributed by atoms with Gasteiger partial charge in [0.25, 0.3) is 0 Å². The average molecular weight is 290 g/mol. The lowest BCUT2D eigenvalue weighted by Gasteiger charge is -2.24. The predicted octanol–water partition coefficient (Wildman–Crippen LogP) is 1.24. The molecule has 1 saturated heterocycles. The van der Waals surface area contributed by atoms with Crippen LogP contribution in [0.3, 0.4) is 0 Å². The highest BCUT2D eigenvalue weighted by Crippen LogP contribution is 2.19. The van der Waals surface area contributed by atoms with Gasteiger partial charge in [-0.15, -0.1) is 0 Å². The molecule has 1 rings (SSSR count). The van der Waals surface area contributed by atoms with Crippen LogP contribution < -0.4 is 0 Å². The van der Waals surface area contributed by atoms with Gasteiger partial charge in [0.15, 0.2) is 0 Å². The Morgan fingerprint density at radius 3 is 2.30 bits per heavy atom. The fraction of sp³-hybridized carbons (Fsp3) is 1.00. The first-order chi connectivity index (χ1) is 9.70. The summed E-state index contributed by atoms with van der Waals surface area (Å²) in [5.74, 6) is 0. The van der Waals surface area contributed by atoms with Crippen LogP contribution in [-0.2, 0) is 9.47 Å². The Balaban J connectivity index is 2.07. The highest BCUT2D eigenvalue weighted by Gasteiger charge is 2.40. The van der Waals surface area contributed by atoms with Gasteiger partial charge in [-0.25, -0.2) is 0 Å². The van der Waals surface area contributed by atoms with Crippen molar-refractivity contribution in [2.75, 3.05) is 19.8 Å². The van der Waals surface area contributed by atoms with Crippen molar-refractivity contribution in [2.24, 2.45) is 0 Å². The lowest BCUT2D eigenvalue weighted by molar-refractivity contribution is -0.101. The van der Waals surface area contributed by atoms with E-state index in [9.17, 15) is 15.3 Å². The number of aliphatic hydroxyl groups excluding tert-OH is 3. The second-order valence-electron chi connectivity index (χ2n) is 5.57. The number of unbranched alkanes of at least 4 members (excludes halogenated alkanes) is 6. The summed E-state index contributed by atoms with van der Waals surface area (Å²) in [4.78, 5) is 0. The van der Waals surface area contributed by atoms with Gasteiger partial charge in [0, 0.05) is 6.61 Å². The smallest absolute Gasteiger partial charge is 0.114 e. The largest absolute Gasteiger partial charge is 0.394 e. The van der Waals surface area contributed by atoms with Crippen LogP contribution in [0, 0.1) is 0 Å². The Morgan fingerprint density at radius 1 is 1.10 bits per heavy atom. The topological polar surface area (TPSA) is 79.2 Å². The summed E-state index contributed by atoms with van der Waals surface area (Å²) in [5.41, 5.74) is 0. The zero-order chi connectivity index (χ0) is 14.8. The highest BCUT2D eigenvalue weighted by molar-refractivity contribution is 4.88. The molecule has 0 aromatic carbocycles. The van der Waals surface area contributed by atoms with Crippen molar-refractivity contribution in [3.63, 3.8) is 0 Å². The van der Waals surface area contributed by atoms with Crippen LogP contribution in [0.2, 0.25) is 0 Å². The molecule has 0 aromatic heterocycles. The van der Waals surface area contributed by atoms with Crippen molar-refractivity contribution in [1.82, 2.24) is 0 Å². The van der Waals surface area contributed by atoms with Crippen molar-refractivity contribution in [3.05, 3.63) is 0 Å². The third-order valence-electron chi connectivity index (χ3n) is 3.82. The van der Waals surface area contributed by atoms with Crippen molar-refractivity contribution < 1.29 is 24.8 Å². The highest BCUT2D eigenvalue weighted by atomic mass is 16.6. The molecular weight excluding hydrogens is 260 g/mol. The second-order valence-corrected chi connectivity index (χ2v) is 5.57. The summed E-state index contributed by atoms with van der Waals surface area (Å²) < 4.78 is 10.8. The summed E-state index contributed by atoms with van der Waals surface area (Å²) >= 11 is 0. The monoisotopic (exact) mass is 290 g/mol. The van der Waals surface area contributed by atoms with Crippen LogP contribution >= 0.6 is 0 Å². The molecule has 120 valence electrons. The minimum Gasteiger partial charge on any atom is -0.394 e. The molecule has 1 fully saturated rings. The molecule has 20 heavy (non-hydrogen) atoms. The van der Waals surface area contributed by atoms with Crippen molar-refractivity contribution in [3.8, 4) is 0 Å². The summed E-state index contributed by atoms with van der Waals surface area (Å²) in [6.07, 6.45) is 5.41. The van der Waals surface area contributed by atoms with Gasteiger partial charge in [0.2, 0.25) is 0 Å². The van der Waals surface area contributed by atoms with Crippen LogP contribution in [0.1, 0.15) is 51.9 Å². The van der Waals surface area contributed by atoms with Crippen LogP contribution in [0.5, 0.6) is 0 Å². The average Bonchev–Trinajstić information content (AvgIpc) is 2.78. The predicted molar refractivity (Wildman–Crippen MR) is 76.6 cm³/mol.